The first-order valence-corrected chi connectivity index (χ1v) is 16.7. The minimum Gasteiger partial charge on any atom is -0.494 e. The van der Waals surface area contributed by atoms with Crippen molar-refractivity contribution in [3.63, 3.8) is 0 Å². The van der Waals surface area contributed by atoms with Crippen LogP contribution < -0.4 is 32.4 Å². The summed E-state index contributed by atoms with van der Waals surface area (Å²) >= 11 is 0. The highest BCUT2D eigenvalue weighted by atomic mass is 16.7. The lowest BCUT2D eigenvalue weighted by Gasteiger charge is -2.32. The van der Waals surface area contributed by atoms with Gasteiger partial charge >= 0.3 is 11.9 Å². The van der Waals surface area contributed by atoms with Crippen LogP contribution in [-0.4, -0.2) is 73.4 Å². The summed E-state index contributed by atoms with van der Waals surface area (Å²) in [5, 5.41) is 7.42. The smallest absolute Gasteiger partial charge is 0.351 e. The first kappa shape index (κ1) is 38.2. The standard InChI is InChI=1S/C35H53N7O6/c1-23(2)30(36)34(43)47-40-32(38)26-8-12-28(13-9-26)45-21-5-7-25-16-19-42(20-17-25)18-6-22-46-29-14-10-27(11-15-29)33(39)41-48-35(44)31(37)24(3)4/h8-15,23-25,30-31H,5-7,16-22,36-37H2,1-4H3,(H2,38,40)(H2,39,41)/t30-,31-/m0/s1. The van der Waals surface area contributed by atoms with E-state index in [1.807, 2.05) is 52.0 Å². The van der Waals surface area contributed by atoms with Crippen molar-refractivity contribution in [2.45, 2.75) is 71.9 Å². The van der Waals surface area contributed by atoms with E-state index in [1.54, 1.807) is 24.3 Å². The Morgan fingerprint density at radius 3 is 1.56 bits per heavy atom. The molecule has 2 atom stereocenters. The number of nitrogens with two attached hydrogens (primary N) is 4. The summed E-state index contributed by atoms with van der Waals surface area (Å²) in [7, 11) is 0. The molecule has 48 heavy (non-hydrogen) atoms. The van der Waals surface area contributed by atoms with Gasteiger partial charge in [0, 0.05) is 17.7 Å². The van der Waals surface area contributed by atoms with E-state index in [-0.39, 0.29) is 23.5 Å². The molecule has 2 aromatic carbocycles. The van der Waals surface area contributed by atoms with Gasteiger partial charge in [-0.05, 0) is 111 Å². The number of carbonyl (C=O) groups is 2. The van der Waals surface area contributed by atoms with Gasteiger partial charge in [-0.25, -0.2) is 9.59 Å². The van der Waals surface area contributed by atoms with Crippen molar-refractivity contribution < 1.29 is 28.7 Å². The first-order valence-electron chi connectivity index (χ1n) is 16.7. The molecule has 0 unspecified atom stereocenters. The predicted octanol–water partition coefficient (Wildman–Crippen LogP) is 3.32. The van der Waals surface area contributed by atoms with Gasteiger partial charge in [0.15, 0.2) is 11.7 Å². The van der Waals surface area contributed by atoms with Crippen molar-refractivity contribution in [1.82, 2.24) is 4.90 Å². The van der Waals surface area contributed by atoms with Gasteiger partial charge in [-0.2, -0.15) is 0 Å². The van der Waals surface area contributed by atoms with Crippen LogP contribution in [0.3, 0.4) is 0 Å². The van der Waals surface area contributed by atoms with Crippen LogP contribution in [0, 0.1) is 17.8 Å². The van der Waals surface area contributed by atoms with E-state index < -0.39 is 24.0 Å². The summed E-state index contributed by atoms with van der Waals surface area (Å²) in [4.78, 5) is 36.0. The van der Waals surface area contributed by atoms with Crippen LogP contribution in [0.1, 0.15) is 70.9 Å². The Labute approximate surface area is 283 Å². The van der Waals surface area contributed by atoms with Gasteiger partial charge in [0.05, 0.1) is 13.2 Å². The number of amidine groups is 2. The molecule has 0 amide bonds. The summed E-state index contributed by atoms with van der Waals surface area (Å²) in [5.74, 6) is 1.04. The van der Waals surface area contributed by atoms with E-state index in [4.69, 9.17) is 42.1 Å². The van der Waals surface area contributed by atoms with Crippen molar-refractivity contribution in [2.24, 2.45) is 51.0 Å². The summed E-state index contributed by atoms with van der Waals surface area (Å²) < 4.78 is 11.8. The van der Waals surface area contributed by atoms with E-state index >= 15 is 0 Å². The Bertz CT molecular complexity index is 1240. The first-order chi connectivity index (χ1) is 22.9. The van der Waals surface area contributed by atoms with Crippen LogP contribution in [0.15, 0.2) is 58.8 Å². The highest BCUT2D eigenvalue weighted by Gasteiger charge is 2.21. The third-order valence-corrected chi connectivity index (χ3v) is 8.37. The molecule has 0 spiro atoms. The molecule has 0 bridgehead atoms. The van der Waals surface area contributed by atoms with E-state index in [2.05, 4.69) is 15.2 Å². The number of nitrogens with zero attached hydrogens (tertiary/aromatic N) is 3. The van der Waals surface area contributed by atoms with Crippen LogP contribution in [0.5, 0.6) is 11.5 Å². The van der Waals surface area contributed by atoms with Gasteiger partial charge in [-0.15, -0.1) is 0 Å². The largest absolute Gasteiger partial charge is 0.494 e. The van der Waals surface area contributed by atoms with Crippen molar-refractivity contribution in [2.75, 3.05) is 32.8 Å². The van der Waals surface area contributed by atoms with Crippen LogP contribution >= 0.6 is 0 Å². The molecule has 0 saturated carbocycles. The van der Waals surface area contributed by atoms with Crippen LogP contribution in [0.4, 0.5) is 0 Å². The maximum absolute atomic E-state index is 11.9. The van der Waals surface area contributed by atoms with Gasteiger partial charge in [0.2, 0.25) is 0 Å². The molecular formula is C35H53N7O6. The SMILES string of the molecule is CC(C)[C@H](N)C(=O)ON=C(N)c1ccc(OCCCC2CCN(CCCOc3ccc(C(N)=NOC(=O)[C@@H](N)C(C)C)cc3)CC2)cc1. The van der Waals surface area contributed by atoms with E-state index in [1.165, 1.54) is 12.8 Å². The Kier molecular flexibility index (Phi) is 15.6. The zero-order chi connectivity index (χ0) is 35.1. The molecular weight excluding hydrogens is 614 g/mol. The fourth-order valence-electron chi connectivity index (χ4n) is 4.94. The summed E-state index contributed by atoms with van der Waals surface area (Å²) in [6, 6.07) is 12.9. The Hall–Kier alpha value is -4.20. The highest BCUT2D eigenvalue weighted by Crippen LogP contribution is 2.23. The summed E-state index contributed by atoms with van der Waals surface area (Å²) in [6.07, 6.45) is 5.43. The van der Waals surface area contributed by atoms with E-state index in [0.29, 0.717) is 30.3 Å². The number of likely N-dealkylation sites (tertiary alicyclic amines) is 1. The molecule has 8 N–H and O–H groups in total. The highest BCUT2D eigenvalue weighted by molar-refractivity contribution is 5.98. The quantitative estimate of drug-likeness (QED) is 0.0597. The van der Waals surface area contributed by atoms with Gasteiger partial charge < -0.3 is 47.0 Å². The third kappa shape index (κ3) is 12.8. The van der Waals surface area contributed by atoms with Gasteiger partial charge in [0.25, 0.3) is 0 Å². The van der Waals surface area contributed by atoms with Crippen LogP contribution in [0.25, 0.3) is 0 Å². The molecule has 1 fully saturated rings. The number of benzene rings is 2. The summed E-state index contributed by atoms with van der Waals surface area (Å²) in [6.45, 7) is 11.8. The number of oxime groups is 2. The average Bonchev–Trinajstić information content (AvgIpc) is 3.09. The Morgan fingerprint density at radius 2 is 1.15 bits per heavy atom. The van der Waals surface area contributed by atoms with Gasteiger partial charge in [0.1, 0.15) is 23.6 Å². The fourth-order valence-corrected chi connectivity index (χ4v) is 4.94. The molecule has 0 aliphatic carbocycles. The fraction of sp³-hybridized carbons (Fsp3) is 0.543. The second-order valence-electron chi connectivity index (χ2n) is 12.8. The summed E-state index contributed by atoms with van der Waals surface area (Å²) in [5.41, 5.74) is 24.7. The molecule has 3 rings (SSSR count). The minimum atomic E-state index is -0.752. The molecule has 0 aromatic heterocycles. The lowest BCUT2D eigenvalue weighted by Crippen LogP contribution is -2.36. The number of piperidine rings is 1. The minimum absolute atomic E-state index is 0.0561. The second kappa shape index (κ2) is 19.6. The second-order valence-corrected chi connectivity index (χ2v) is 12.8. The van der Waals surface area contributed by atoms with Crippen LogP contribution in [-0.2, 0) is 19.3 Å². The molecule has 13 heteroatoms. The topological polar surface area (TPSA) is 203 Å². The number of carbonyl (C=O) groups excluding carboxylic acids is 2. The average molecular weight is 668 g/mol. The molecule has 13 nitrogen and oxygen atoms in total. The normalized spacial score (nSPS) is 16.1. The van der Waals surface area contributed by atoms with Crippen molar-refractivity contribution in [3.8, 4) is 11.5 Å². The number of ether oxygens (including phenoxy) is 2. The third-order valence-electron chi connectivity index (χ3n) is 8.37. The van der Waals surface area contributed by atoms with E-state index in [0.717, 1.165) is 50.4 Å². The lowest BCUT2D eigenvalue weighted by atomic mass is 9.92. The molecule has 1 aliphatic rings. The molecule has 1 aliphatic heterocycles. The van der Waals surface area contributed by atoms with Crippen molar-refractivity contribution in [3.05, 3.63) is 59.7 Å². The van der Waals surface area contributed by atoms with Crippen molar-refractivity contribution in [1.29, 1.82) is 0 Å². The van der Waals surface area contributed by atoms with Crippen LogP contribution in [0.2, 0.25) is 0 Å². The van der Waals surface area contributed by atoms with Gasteiger partial charge in [-0.1, -0.05) is 38.0 Å². The monoisotopic (exact) mass is 667 g/mol. The number of rotatable bonds is 18. The Balaban J connectivity index is 1.26. The number of hydrogen-bond acceptors (Lipinski definition) is 11. The maximum Gasteiger partial charge on any atom is 0.351 e. The predicted molar refractivity (Wildman–Crippen MR) is 186 cm³/mol. The maximum atomic E-state index is 11.9. The molecule has 1 heterocycles. The molecule has 2 aromatic rings. The van der Waals surface area contributed by atoms with E-state index in [9.17, 15) is 9.59 Å². The van der Waals surface area contributed by atoms with Gasteiger partial charge in [-0.3, -0.25) is 0 Å². The number of hydrogen-bond donors (Lipinski definition) is 4. The zero-order valence-electron chi connectivity index (χ0n) is 28.7. The molecule has 1 saturated heterocycles. The Morgan fingerprint density at radius 1 is 0.729 bits per heavy atom. The zero-order valence-corrected chi connectivity index (χ0v) is 28.7. The molecule has 0 radical (unpaired) electrons. The lowest BCUT2D eigenvalue weighted by molar-refractivity contribution is -0.147. The molecule has 264 valence electrons. The van der Waals surface area contributed by atoms with Crippen molar-refractivity contribution >= 4 is 23.6 Å².